The van der Waals surface area contributed by atoms with E-state index in [4.69, 9.17) is 9.26 Å². The smallest absolute Gasteiger partial charge is 0.242 e. The average molecular weight is 338 g/mol. The molecule has 0 spiro atoms. The highest BCUT2D eigenvalue weighted by molar-refractivity contribution is 7.92. The summed E-state index contributed by atoms with van der Waals surface area (Å²) < 4.78 is 34.7. The third kappa shape index (κ3) is 4.10. The Bertz CT molecular complexity index is 798. The molecule has 1 heterocycles. The second-order valence-electron chi connectivity index (χ2n) is 5.07. The van der Waals surface area contributed by atoms with Crippen LogP contribution in [0, 0.1) is 6.92 Å². The van der Waals surface area contributed by atoms with Crippen molar-refractivity contribution in [3.63, 3.8) is 0 Å². The molecule has 8 heteroatoms. The van der Waals surface area contributed by atoms with Gasteiger partial charge in [0, 0.05) is 6.07 Å². The number of nitrogens with zero attached hydrogens (tertiary/aromatic N) is 1. The van der Waals surface area contributed by atoms with Gasteiger partial charge in [-0.2, -0.15) is 0 Å². The largest absolute Gasteiger partial charge is 0.495 e. The molecule has 0 radical (unpaired) electrons. The number of aryl methyl sites for hydroxylation is 1. The van der Waals surface area contributed by atoms with E-state index in [0.29, 0.717) is 17.1 Å². The Morgan fingerprint density at radius 1 is 1.39 bits per heavy atom. The number of sulfone groups is 1. The molecular formula is C15H18N2O5S. The Kier molecular flexibility index (Phi) is 5.05. The second-order valence-corrected chi connectivity index (χ2v) is 7.40. The summed E-state index contributed by atoms with van der Waals surface area (Å²) >= 11 is 0. The van der Waals surface area contributed by atoms with Crippen molar-refractivity contribution in [3.05, 3.63) is 41.8 Å². The lowest BCUT2D eigenvalue weighted by atomic mass is 10.3. The number of rotatable bonds is 6. The summed E-state index contributed by atoms with van der Waals surface area (Å²) in [6.45, 7) is 3.03. The molecule has 7 nitrogen and oxygen atoms in total. The first-order valence-corrected chi connectivity index (χ1v) is 8.62. The third-order valence-electron chi connectivity index (χ3n) is 3.29. The molecule has 0 aliphatic carbocycles. The van der Waals surface area contributed by atoms with E-state index in [1.54, 1.807) is 31.2 Å². The van der Waals surface area contributed by atoms with Crippen molar-refractivity contribution >= 4 is 21.4 Å². The normalized spacial score (nSPS) is 12.7. The number of nitrogens with one attached hydrogen (secondary N) is 1. The standard InChI is InChI=1S/C15H18N2O5S/c1-10-8-12(22-17-10)9-23(19,20)11(2)15(18)16-13-6-4-5-7-14(13)21-3/h4-8,11H,9H2,1-3H3,(H,16,18)/t11-/m0/s1. The van der Waals surface area contributed by atoms with Gasteiger partial charge >= 0.3 is 0 Å². The number of anilines is 1. The first kappa shape index (κ1) is 17.0. The summed E-state index contributed by atoms with van der Waals surface area (Å²) in [5, 5.41) is 4.97. The third-order valence-corrected chi connectivity index (χ3v) is 5.27. The molecule has 0 fully saturated rings. The van der Waals surface area contributed by atoms with Gasteiger partial charge in [-0.1, -0.05) is 17.3 Å². The van der Waals surface area contributed by atoms with Gasteiger partial charge in [-0.15, -0.1) is 0 Å². The Balaban J connectivity index is 2.12. The van der Waals surface area contributed by atoms with Crippen LogP contribution in [-0.2, 0) is 20.4 Å². The topological polar surface area (TPSA) is 98.5 Å². The van der Waals surface area contributed by atoms with Crippen LogP contribution in [0.25, 0.3) is 0 Å². The van der Waals surface area contributed by atoms with Crippen LogP contribution in [0.3, 0.4) is 0 Å². The fraction of sp³-hybridized carbons (Fsp3) is 0.333. The molecule has 1 N–H and O–H groups in total. The van der Waals surface area contributed by atoms with Crippen LogP contribution in [0.15, 0.2) is 34.9 Å². The summed E-state index contributed by atoms with van der Waals surface area (Å²) in [6, 6.07) is 8.31. The van der Waals surface area contributed by atoms with Gasteiger partial charge in [-0.05, 0) is 26.0 Å². The van der Waals surface area contributed by atoms with Crippen LogP contribution in [0.2, 0.25) is 0 Å². The van der Waals surface area contributed by atoms with Crippen LogP contribution in [0.1, 0.15) is 18.4 Å². The lowest BCUT2D eigenvalue weighted by Gasteiger charge is -2.14. The monoisotopic (exact) mass is 338 g/mol. The number of hydrogen-bond acceptors (Lipinski definition) is 6. The number of ether oxygens (including phenoxy) is 1. The van der Waals surface area contributed by atoms with Crippen molar-refractivity contribution in [2.45, 2.75) is 24.9 Å². The van der Waals surface area contributed by atoms with Crippen LogP contribution in [0.4, 0.5) is 5.69 Å². The van der Waals surface area contributed by atoms with E-state index in [1.807, 2.05) is 0 Å². The first-order chi connectivity index (χ1) is 10.8. The van der Waals surface area contributed by atoms with Crippen LogP contribution >= 0.6 is 0 Å². The van der Waals surface area contributed by atoms with Gasteiger partial charge in [-0.25, -0.2) is 8.42 Å². The Labute approximate surface area is 134 Å². The predicted molar refractivity (Wildman–Crippen MR) is 84.9 cm³/mol. The molecule has 2 rings (SSSR count). The number of methoxy groups -OCH3 is 1. The lowest BCUT2D eigenvalue weighted by Crippen LogP contribution is -2.33. The van der Waals surface area contributed by atoms with Crippen LogP contribution in [-0.4, -0.2) is 31.8 Å². The molecule has 23 heavy (non-hydrogen) atoms. The van der Waals surface area contributed by atoms with Crippen molar-refractivity contribution < 1.29 is 22.5 Å². The number of hydrogen-bond donors (Lipinski definition) is 1. The van der Waals surface area contributed by atoms with Gasteiger partial charge in [0.05, 0.1) is 18.5 Å². The molecule has 0 saturated heterocycles. The van der Waals surface area contributed by atoms with Crippen molar-refractivity contribution in [2.24, 2.45) is 0 Å². The molecule has 0 aliphatic rings. The molecule has 0 bridgehead atoms. The van der Waals surface area contributed by atoms with E-state index >= 15 is 0 Å². The van der Waals surface area contributed by atoms with Gasteiger partial charge in [0.15, 0.2) is 15.6 Å². The number of aromatic nitrogens is 1. The van der Waals surface area contributed by atoms with Gasteiger partial charge in [0.2, 0.25) is 5.91 Å². The highest BCUT2D eigenvalue weighted by Crippen LogP contribution is 2.24. The molecule has 1 aromatic carbocycles. The molecular weight excluding hydrogens is 320 g/mol. The fourth-order valence-electron chi connectivity index (χ4n) is 1.95. The highest BCUT2D eigenvalue weighted by atomic mass is 32.2. The first-order valence-electron chi connectivity index (χ1n) is 6.91. The molecule has 2 aromatic rings. The number of benzene rings is 1. The minimum absolute atomic E-state index is 0.208. The summed E-state index contributed by atoms with van der Waals surface area (Å²) in [5.41, 5.74) is 0.999. The lowest BCUT2D eigenvalue weighted by molar-refractivity contribution is -0.115. The number of amides is 1. The maximum absolute atomic E-state index is 12.3. The average Bonchev–Trinajstić information content (AvgIpc) is 2.91. The fourth-order valence-corrected chi connectivity index (χ4v) is 3.12. The number of carbonyl (C=O) groups excluding carboxylic acids is 1. The molecule has 0 aliphatic heterocycles. The molecule has 124 valence electrons. The maximum atomic E-state index is 12.3. The zero-order valence-electron chi connectivity index (χ0n) is 13.1. The Hall–Kier alpha value is -2.35. The van der Waals surface area contributed by atoms with Gasteiger partial charge < -0.3 is 14.6 Å². The quantitative estimate of drug-likeness (QED) is 0.864. The summed E-state index contributed by atoms with van der Waals surface area (Å²) in [7, 11) is -2.26. The van der Waals surface area contributed by atoms with E-state index in [-0.39, 0.29) is 11.5 Å². The Morgan fingerprint density at radius 3 is 2.70 bits per heavy atom. The number of carbonyl (C=O) groups is 1. The van der Waals surface area contributed by atoms with Gasteiger partial charge in [0.1, 0.15) is 16.8 Å². The molecule has 0 saturated carbocycles. The molecule has 1 amide bonds. The van der Waals surface area contributed by atoms with Crippen molar-refractivity contribution in [3.8, 4) is 5.75 Å². The van der Waals surface area contributed by atoms with E-state index in [0.717, 1.165) is 0 Å². The predicted octanol–water partition coefficient (Wildman–Crippen LogP) is 1.93. The second kappa shape index (κ2) is 6.82. The molecule has 0 unspecified atom stereocenters. The van der Waals surface area contributed by atoms with Gasteiger partial charge in [0.25, 0.3) is 0 Å². The zero-order chi connectivity index (χ0) is 17.0. The van der Waals surface area contributed by atoms with Crippen molar-refractivity contribution in [1.29, 1.82) is 0 Å². The summed E-state index contributed by atoms with van der Waals surface area (Å²) in [4.78, 5) is 12.2. The summed E-state index contributed by atoms with van der Waals surface area (Å²) in [6.07, 6.45) is 0. The Morgan fingerprint density at radius 2 is 2.09 bits per heavy atom. The van der Waals surface area contributed by atoms with Crippen molar-refractivity contribution in [2.75, 3.05) is 12.4 Å². The highest BCUT2D eigenvalue weighted by Gasteiger charge is 2.30. The van der Waals surface area contributed by atoms with Crippen LogP contribution < -0.4 is 10.1 Å². The molecule has 1 atom stereocenters. The van der Waals surface area contributed by atoms with E-state index in [1.165, 1.54) is 20.1 Å². The SMILES string of the molecule is COc1ccccc1NC(=O)[C@H](C)S(=O)(=O)Cc1cc(C)no1. The maximum Gasteiger partial charge on any atom is 0.242 e. The summed E-state index contributed by atoms with van der Waals surface area (Å²) in [5.74, 6) is -0.351. The van der Waals surface area contributed by atoms with Crippen LogP contribution in [0.5, 0.6) is 5.75 Å². The minimum atomic E-state index is -3.73. The number of para-hydroxylation sites is 2. The zero-order valence-corrected chi connectivity index (χ0v) is 13.9. The van der Waals surface area contributed by atoms with E-state index in [9.17, 15) is 13.2 Å². The van der Waals surface area contributed by atoms with E-state index in [2.05, 4.69) is 10.5 Å². The van der Waals surface area contributed by atoms with Gasteiger partial charge in [-0.3, -0.25) is 4.79 Å². The van der Waals surface area contributed by atoms with Crippen molar-refractivity contribution in [1.82, 2.24) is 5.16 Å². The minimum Gasteiger partial charge on any atom is -0.495 e. The van der Waals surface area contributed by atoms with E-state index < -0.39 is 21.0 Å². The molecule has 1 aromatic heterocycles.